The number of anilines is 2. The largest absolute Gasteiger partial charge is 0.399 e. The van der Waals surface area contributed by atoms with E-state index in [1.165, 1.54) is 11.5 Å². The van der Waals surface area contributed by atoms with Gasteiger partial charge in [0.05, 0.1) is 0 Å². The number of nitrogens with two attached hydrogens (primary N) is 1. The van der Waals surface area contributed by atoms with E-state index in [0.717, 1.165) is 18.8 Å². The molecular weight excluding hydrogens is 258 g/mol. The van der Waals surface area contributed by atoms with E-state index in [1.54, 1.807) is 12.1 Å². The van der Waals surface area contributed by atoms with E-state index < -0.39 is 0 Å². The van der Waals surface area contributed by atoms with Crippen LogP contribution in [0.2, 0.25) is 0 Å². The first-order valence-corrected chi connectivity index (χ1v) is 7.78. The van der Waals surface area contributed by atoms with Gasteiger partial charge in [0, 0.05) is 48.4 Å². The highest BCUT2D eigenvalue weighted by atomic mass is 32.2. The maximum absolute atomic E-state index is 11.9. The molecule has 0 bridgehead atoms. The van der Waals surface area contributed by atoms with Crippen LogP contribution in [0, 0.1) is 0 Å². The molecule has 0 aromatic heterocycles. The van der Waals surface area contributed by atoms with Gasteiger partial charge in [0.25, 0.3) is 0 Å². The lowest BCUT2D eigenvalue weighted by Crippen LogP contribution is -2.41. The van der Waals surface area contributed by atoms with Crippen molar-refractivity contribution in [3.05, 3.63) is 24.3 Å². The number of amides is 1. The van der Waals surface area contributed by atoms with Crippen molar-refractivity contribution in [2.45, 2.75) is 19.4 Å². The molecule has 1 aromatic rings. The van der Waals surface area contributed by atoms with Crippen molar-refractivity contribution in [3.63, 3.8) is 0 Å². The van der Waals surface area contributed by atoms with Crippen LogP contribution in [0.4, 0.5) is 11.4 Å². The lowest BCUT2D eigenvalue weighted by Gasteiger charge is -2.32. The van der Waals surface area contributed by atoms with Crippen molar-refractivity contribution >= 4 is 29.0 Å². The minimum atomic E-state index is 0.0650. The number of hydrogen-bond acceptors (Lipinski definition) is 4. The van der Waals surface area contributed by atoms with Crippen LogP contribution in [0.5, 0.6) is 0 Å². The van der Waals surface area contributed by atoms with E-state index in [4.69, 9.17) is 5.73 Å². The van der Waals surface area contributed by atoms with Crippen molar-refractivity contribution < 1.29 is 4.79 Å². The molecule has 0 radical (unpaired) electrons. The Kier molecular flexibility index (Phi) is 5.10. The lowest BCUT2D eigenvalue weighted by atomic mass is 10.2. The molecule has 1 saturated heterocycles. The van der Waals surface area contributed by atoms with Gasteiger partial charge in [-0.15, -0.1) is 0 Å². The van der Waals surface area contributed by atoms with Crippen LogP contribution >= 0.6 is 11.8 Å². The number of nitrogens with zero attached hydrogens (tertiary/aromatic N) is 1. The molecule has 0 aliphatic carbocycles. The van der Waals surface area contributed by atoms with E-state index in [2.05, 4.69) is 17.1 Å². The molecule has 0 saturated carbocycles. The van der Waals surface area contributed by atoms with E-state index >= 15 is 0 Å². The number of nitrogens with one attached hydrogen (secondary N) is 1. The Morgan fingerprint density at radius 1 is 1.47 bits per heavy atom. The summed E-state index contributed by atoms with van der Waals surface area (Å²) in [7, 11) is 0. The summed E-state index contributed by atoms with van der Waals surface area (Å²) < 4.78 is 0. The molecule has 2 rings (SSSR count). The summed E-state index contributed by atoms with van der Waals surface area (Å²) in [6, 6.07) is 7.81. The zero-order valence-corrected chi connectivity index (χ0v) is 12.1. The monoisotopic (exact) mass is 279 g/mol. The highest BCUT2D eigenvalue weighted by Gasteiger charge is 2.18. The summed E-state index contributed by atoms with van der Waals surface area (Å²) >= 11 is 1.99. The van der Waals surface area contributed by atoms with Crippen LogP contribution in [-0.2, 0) is 4.79 Å². The molecule has 1 aromatic carbocycles. The Morgan fingerprint density at radius 2 is 2.21 bits per heavy atom. The van der Waals surface area contributed by atoms with Gasteiger partial charge in [0.15, 0.2) is 0 Å². The molecule has 1 fully saturated rings. The Bertz CT molecular complexity index is 421. The first-order chi connectivity index (χ1) is 9.15. The van der Waals surface area contributed by atoms with E-state index in [9.17, 15) is 4.79 Å². The fraction of sp³-hybridized carbons (Fsp3) is 0.500. The smallest absolute Gasteiger partial charge is 0.225 e. The SMILES string of the molecule is CC1CSCCN1CCC(=O)Nc1ccc(N)cc1. The molecule has 4 nitrogen and oxygen atoms in total. The second-order valence-corrected chi connectivity index (χ2v) is 6.03. The summed E-state index contributed by atoms with van der Waals surface area (Å²) in [6.07, 6.45) is 0.541. The van der Waals surface area contributed by atoms with Crippen molar-refractivity contribution in [1.82, 2.24) is 4.90 Å². The number of nitrogen functional groups attached to an aromatic ring is 1. The van der Waals surface area contributed by atoms with Crippen LogP contribution in [0.1, 0.15) is 13.3 Å². The maximum Gasteiger partial charge on any atom is 0.225 e. The highest BCUT2D eigenvalue weighted by Crippen LogP contribution is 2.16. The van der Waals surface area contributed by atoms with E-state index in [-0.39, 0.29) is 5.91 Å². The number of carbonyl (C=O) groups is 1. The molecule has 1 amide bonds. The van der Waals surface area contributed by atoms with Crippen molar-refractivity contribution in [3.8, 4) is 0 Å². The zero-order chi connectivity index (χ0) is 13.7. The van der Waals surface area contributed by atoms with Gasteiger partial charge in [-0.2, -0.15) is 11.8 Å². The molecule has 1 heterocycles. The van der Waals surface area contributed by atoms with Gasteiger partial charge < -0.3 is 11.1 Å². The quantitative estimate of drug-likeness (QED) is 0.828. The predicted octanol–water partition coefficient (Wildman–Crippen LogP) is 2.03. The molecule has 19 heavy (non-hydrogen) atoms. The topological polar surface area (TPSA) is 58.4 Å². The minimum absolute atomic E-state index is 0.0650. The van der Waals surface area contributed by atoms with Crippen molar-refractivity contribution in [1.29, 1.82) is 0 Å². The van der Waals surface area contributed by atoms with Crippen LogP contribution in [0.3, 0.4) is 0 Å². The second-order valence-electron chi connectivity index (χ2n) is 4.88. The standard InChI is InChI=1S/C14H21N3OS/c1-11-10-19-9-8-17(11)7-6-14(18)16-13-4-2-12(15)3-5-13/h2-5,11H,6-10,15H2,1H3,(H,16,18). The van der Waals surface area contributed by atoms with Gasteiger partial charge in [-0.1, -0.05) is 0 Å². The number of thioether (sulfide) groups is 1. The molecule has 1 atom stereocenters. The van der Waals surface area contributed by atoms with Gasteiger partial charge in [0.2, 0.25) is 5.91 Å². The zero-order valence-electron chi connectivity index (χ0n) is 11.3. The molecule has 1 aliphatic heterocycles. The van der Waals surface area contributed by atoms with Crippen molar-refractivity contribution in [2.24, 2.45) is 0 Å². The first-order valence-electron chi connectivity index (χ1n) is 6.62. The van der Waals surface area contributed by atoms with E-state index in [1.807, 2.05) is 23.9 Å². The van der Waals surface area contributed by atoms with E-state index in [0.29, 0.717) is 18.2 Å². The van der Waals surface area contributed by atoms with Crippen LogP contribution in [0.15, 0.2) is 24.3 Å². The summed E-state index contributed by atoms with van der Waals surface area (Å²) in [5, 5.41) is 2.90. The second kappa shape index (κ2) is 6.82. The molecule has 5 heteroatoms. The third kappa shape index (κ3) is 4.44. The summed E-state index contributed by atoms with van der Waals surface area (Å²) in [5.41, 5.74) is 7.12. The molecule has 0 spiro atoms. The minimum Gasteiger partial charge on any atom is -0.399 e. The number of carbonyl (C=O) groups excluding carboxylic acids is 1. The Morgan fingerprint density at radius 3 is 2.89 bits per heavy atom. The fourth-order valence-electron chi connectivity index (χ4n) is 2.13. The Labute approximate surface area is 118 Å². The molecule has 3 N–H and O–H groups in total. The third-order valence-electron chi connectivity index (χ3n) is 3.33. The van der Waals surface area contributed by atoms with Gasteiger partial charge in [-0.3, -0.25) is 9.69 Å². The Balaban J connectivity index is 1.76. The van der Waals surface area contributed by atoms with Crippen LogP contribution in [-0.4, -0.2) is 41.4 Å². The average molecular weight is 279 g/mol. The maximum atomic E-state index is 11.9. The predicted molar refractivity (Wildman–Crippen MR) is 82.5 cm³/mol. The van der Waals surface area contributed by atoms with Crippen LogP contribution < -0.4 is 11.1 Å². The number of rotatable bonds is 4. The number of hydrogen-bond donors (Lipinski definition) is 2. The third-order valence-corrected chi connectivity index (χ3v) is 4.52. The molecule has 1 aliphatic rings. The van der Waals surface area contributed by atoms with Gasteiger partial charge in [0.1, 0.15) is 0 Å². The number of benzene rings is 1. The lowest BCUT2D eigenvalue weighted by molar-refractivity contribution is -0.116. The molecular formula is C14H21N3OS. The average Bonchev–Trinajstić information content (AvgIpc) is 2.40. The molecule has 1 unspecified atom stereocenters. The summed E-state index contributed by atoms with van der Waals surface area (Å²) in [5.74, 6) is 2.40. The Hall–Kier alpha value is -1.20. The van der Waals surface area contributed by atoms with Crippen LogP contribution in [0.25, 0.3) is 0 Å². The van der Waals surface area contributed by atoms with Gasteiger partial charge in [-0.05, 0) is 31.2 Å². The fourth-order valence-corrected chi connectivity index (χ4v) is 3.21. The van der Waals surface area contributed by atoms with Gasteiger partial charge in [-0.25, -0.2) is 0 Å². The van der Waals surface area contributed by atoms with Crippen molar-refractivity contribution in [2.75, 3.05) is 35.6 Å². The first kappa shape index (κ1) is 14.2. The van der Waals surface area contributed by atoms with Gasteiger partial charge >= 0.3 is 0 Å². The summed E-state index contributed by atoms with van der Waals surface area (Å²) in [4.78, 5) is 14.3. The normalized spacial score (nSPS) is 20.2. The summed E-state index contributed by atoms with van der Waals surface area (Å²) in [6.45, 7) is 4.15. The molecule has 104 valence electrons. The highest BCUT2D eigenvalue weighted by molar-refractivity contribution is 7.99.